The van der Waals surface area contributed by atoms with Crippen LogP contribution in [0.25, 0.3) is 0 Å². The second kappa shape index (κ2) is 6.17. The lowest BCUT2D eigenvalue weighted by Crippen LogP contribution is -2.21. The zero-order valence-corrected chi connectivity index (χ0v) is 12.6. The Bertz CT molecular complexity index is 445. The van der Waals surface area contributed by atoms with E-state index in [1.54, 1.807) is 0 Å². The van der Waals surface area contributed by atoms with Gasteiger partial charge in [-0.25, -0.2) is 0 Å². The molecule has 0 aromatic heterocycles. The van der Waals surface area contributed by atoms with Crippen LogP contribution in [0.2, 0.25) is 0 Å². The first-order valence-electron chi connectivity index (χ1n) is 8.22. The lowest BCUT2D eigenvalue weighted by Gasteiger charge is -2.22. The summed E-state index contributed by atoms with van der Waals surface area (Å²) < 4.78 is 6.06. The topological polar surface area (TPSA) is 35.2 Å². The maximum absolute atomic E-state index is 6.06. The van der Waals surface area contributed by atoms with E-state index in [9.17, 15) is 0 Å². The van der Waals surface area contributed by atoms with Gasteiger partial charge < -0.3 is 10.5 Å². The molecule has 0 amide bonds. The summed E-state index contributed by atoms with van der Waals surface area (Å²) in [7, 11) is 0. The molecule has 20 heavy (non-hydrogen) atoms. The minimum atomic E-state index is 0.260. The van der Waals surface area contributed by atoms with Crippen molar-refractivity contribution in [3.8, 4) is 5.75 Å². The molecule has 2 heteroatoms. The third-order valence-corrected chi connectivity index (χ3v) is 5.27. The molecule has 1 aromatic carbocycles. The van der Waals surface area contributed by atoms with Crippen molar-refractivity contribution in [1.29, 1.82) is 0 Å². The Labute approximate surface area is 122 Å². The van der Waals surface area contributed by atoms with E-state index in [1.165, 1.54) is 31.2 Å². The van der Waals surface area contributed by atoms with Crippen LogP contribution in [0.15, 0.2) is 24.3 Å². The third-order valence-electron chi connectivity index (χ3n) is 5.27. The van der Waals surface area contributed by atoms with Crippen molar-refractivity contribution in [2.45, 2.75) is 51.5 Å². The van der Waals surface area contributed by atoms with Crippen molar-refractivity contribution < 1.29 is 4.74 Å². The number of rotatable bonds is 6. The number of hydrogen-bond acceptors (Lipinski definition) is 2. The van der Waals surface area contributed by atoms with Crippen LogP contribution in [0.3, 0.4) is 0 Å². The van der Waals surface area contributed by atoms with Crippen molar-refractivity contribution in [3.63, 3.8) is 0 Å². The molecule has 2 saturated carbocycles. The summed E-state index contributed by atoms with van der Waals surface area (Å²) in [4.78, 5) is 0. The molecule has 2 nitrogen and oxygen atoms in total. The van der Waals surface area contributed by atoms with Crippen LogP contribution in [0.5, 0.6) is 5.75 Å². The number of ether oxygens (including phenoxy) is 1. The SMILES string of the molecule is CCC(N)Cc1cccc(OCC2CC3CCC2C3)c1. The van der Waals surface area contributed by atoms with E-state index in [4.69, 9.17) is 10.5 Å². The van der Waals surface area contributed by atoms with Gasteiger partial charge in [0.25, 0.3) is 0 Å². The maximum Gasteiger partial charge on any atom is 0.119 e. The molecule has 2 bridgehead atoms. The van der Waals surface area contributed by atoms with Crippen LogP contribution < -0.4 is 10.5 Å². The van der Waals surface area contributed by atoms with E-state index in [0.29, 0.717) is 0 Å². The van der Waals surface area contributed by atoms with E-state index in [1.807, 2.05) is 0 Å². The van der Waals surface area contributed by atoms with E-state index in [0.717, 1.165) is 43.0 Å². The lowest BCUT2D eigenvalue weighted by molar-refractivity contribution is 0.195. The Kier molecular flexibility index (Phi) is 4.30. The molecule has 0 saturated heterocycles. The number of nitrogens with two attached hydrogens (primary N) is 1. The highest BCUT2D eigenvalue weighted by Gasteiger charge is 2.39. The van der Waals surface area contributed by atoms with Gasteiger partial charge in [0.1, 0.15) is 5.75 Å². The standard InChI is InChI=1S/C18H27NO/c1-2-17(19)10-13-4-3-5-18(11-13)20-12-16-9-14-6-7-15(16)8-14/h3-5,11,14-17H,2,6-10,12,19H2,1H3. The molecule has 2 N–H and O–H groups in total. The fourth-order valence-electron chi connectivity index (χ4n) is 3.99. The molecule has 2 aliphatic rings. The predicted molar refractivity (Wildman–Crippen MR) is 82.8 cm³/mol. The number of hydrogen-bond donors (Lipinski definition) is 1. The van der Waals surface area contributed by atoms with E-state index in [-0.39, 0.29) is 6.04 Å². The molecule has 0 spiro atoms. The van der Waals surface area contributed by atoms with Gasteiger partial charge in [0.15, 0.2) is 0 Å². The zero-order valence-electron chi connectivity index (χ0n) is 12.6. The monoisotopic (exact) mass is 273 g/mol. The Morgan fingerprint density at radius 1 is 1.30 bits per heavy atom. The second-order valence-corrected chi connectivity index (χ2v) is 6.77. The van der Waals surface area contributed by atoms with Gasteiger partial charge in [-0.2, -0.15) is 0 Å². The van der Waals surface area contributed by atoms with Crippen molar-refractivity contribution >= 4 is 0 Å². The normalized spacial score (nSPS) is 29.6. The molecular formula is C18H27NO. The molecule has 0 aliphatic heterocycles. The van der Waals surface area contributed by atoms with Crippen LogP contribution in [-0.4, -0.2) is 12.6 Å². The van der Waals surface area contributed by atoms with Gasteiger partial charge in [0.2, 0.25) is 0 Å². The van der Waals surface area contributed by atoms with Crippen LogP contribution in [0.1, 0.15) is 44.6 Å². The van der Waals surface area contributed by atoms with Gasteiger partial charge in [-0.05, 0) is 67.6 Å². The highest BCUT2D eigenvalue weighted by Crippen LogP contribution is 2.48. The van der Waals surface area contributed by atoms with Gasteiger partial charge in [0.05, 0.1) is 6.61 Å². The summed E-state index contributed by atoms with van der Waals surface area (Å²) >= 11 is 0. The largest absolute Gasteiger partial charge is 0.493 e. The summed E-state index contributed by atoms with van der Waals surface area (Å²) in [6.07, 6.45) is 7.72. The van der Waals surface area contributed by atoms with Gasteiger partial charge in [-0.15, -0.1) is 0 Å². The molecule has 2 fully saturated rings. The molecule has 0 radical (unpaired) electrons. The highest BCUT2D eigenvalue weighted by atomic mass is 16.5. The molecular weight excluding hydrogens is 246 g/mol. The highest BCUT2D eigenvalue weighted by molar-refractivity contribution is 5.29. The summed E-state index contributed by atoms with van der Waals surface area (Å²) in [5, 5.41) is 0. The minimum Gasteiger partial charge on any atom is -0.493 e. The first-order valence-corrected chi connectivity index (χ1v) is 8.22. The van der Waals surface area contributed by atoms with Gasteiger partial charge in [-0.3, -0.25) is 0 Å². The first kappa shape index (κ1) is 13.9. The summed E-state index contributed by atoms with van der Waals surface area (Å²) in [5.41, 5.74) is 7.32. The van der Waals surface area contributed by atoms with E-state index in [2.05, 4.69) is 31.2 Å². The lowest BCUT2D eigenvalue weighted by atomic mass is 9.89. The fraction of sp³-hybridized carbons (Fsp3) is 0.667. The number of benzene rings is 1. The van der Waals surface area contributed by atoms with E-state index >= 15 is 0 Å². The maximum atomic E-state index is 6.06. The van der Waals surface area contributed by atoms with Gasteiger partial charge in [0, 0.05) is 6.04 Å². The summed E-state index contributed by atoms with van der Waals surface area (Å²) in [5.74, 6) is 3.77. The van der Waals surface area contributed by atoms with Crippen molar-refractivity contribution in [3.05, 3.63) is 29.8 Å². The Morgan fingerprint density at radius 2 is 2.20 bits per heavy atom. The van der Waals surface area contributed by atoms with Gasteiger partial charge >= 0.3 is 0 Å². The van der Waals surface area contributed by atoms with Crippen molar-refractivity contribution in [2.24, 2.45) is 23.5 Å². The molecule has 1 aromatic rings. The zero-order chi connectivity index (χ0) is 13.9. The summed E-state index contributed by atoms with van der Waals surface area (Å²) in [6, 6.07) is 8.75. The summed E-state index contributed by atoms with van der Waals surface area (Å²) in [6.45, 7) is 3.05. The second-order valence-electron chi connectivity index (χ2n) is 6.77. The van der Waals surface area contributed by atoms with Crippen LogP contribution in [0, 0.1) is 17.8 Å². The minimum absolute atomic E-state index is 0.260. The third kappa shape index (κ3) is 3.17. The Balaban J connectivity index is 1.53. The fourth-order valence-corrected chi connectivity index (χ4v) is 3.99. The smallest absolute Gasteiger partial charge is 0.119 e. The predicted octanol–water partition coefficient (Wildman–Crippen LogP) is 3.78. The Morgan fingerprint density at radius 3 is 2.90 bits per heavy atom. The van der Waals surface area contributed by atoms with Crippen LogP contribution >= 0.6 is 0 Å². The molecule has 0 heterocycles. The van der Waals surface area contributed by atoms with E-state index < -0.39 is 0 Å². The number of fused-ring (bicyclic) bond motifs is 2. The van der Waals surface area contributed by atoms with Gasteiger partial charge in [-0.1, -0.05) is 25.5 Å². The molecule has 4 unspecified atom stereocenters. The van der Waals surface area contributed by atoms with Crippen molar-refractivity contribution in [1.82, 2.24) is 0 Å². The van der Waals surface area contributed by atoms with Crippen LogP contribution in [0.4, 0.5) is 0 Å². The molecule has 4 atom stereocenters. The average molecular weight is 273 g/mol. The quantitative estimate of drug-likeness (QED) is 0.856. The van der Waals surface area contributed by atoms with Crippen molar-refractivity contribution in [2.75, 3.05) is 6.61 Å². The molecule has 110 valence electrons. The van der Waals surface area contributed by atoms with Crippen LogP contribution in [-0.2, 0) is 6.42 Å². The molecule has 3 rings (SSSR count). The Hall–Kier alpha value is -1.02. The molecule has 2 aliphatic carbocycles. The average Bonchev–Trinajstić information content (AvgIpc) is 3.08. The first-order chi connectivity index (χ1) is 9.74.